The summed E-state index contributed by atoms with van der Waals surface area (Å²) in [5.74, 6) is 1.16. The lowest BCUT2D eigenvalue weighted by molar-refractivity contribution is 0.364. The molecule has 2 aromatic carbocycles. The van der Waals surface area contributed by atoms with Crippen molar-refractivity contribution in [3.8, 4) is 22.6 Å². The van der Waals surface area contributed by atoms with Crippen LogP contribution in [0.15, 0.2) is 12.1 Å². The van der Waals surface area contributed by atoms with Crippen LogP contribution in [0.2, 0.25) is 0 Å². The molecule has 394 valence electrons. The minimum Gasteiger partial charge on any atom is -0.426 e. The molecule has 0 aliphatic heterocycles. The lowest BCUT2D eigenvalue weighted by Crippen LogP contribution is -2.21. The van der Waals surface area contributed by atoms with E-state index in [4.69, 9.17) is 9.05 Å². The Morgan fingerprint density at radius 1 is 0.353 bits per heavy atom. The van der Waals surface area contributed by atoms with E-state index in [0.717, 1.165) is 79.2 Å². The Morgan fingerprint density at radius 3 is 0.882 bits per heavy atom. The van der Waals surface area contributed by atoms with E-state index in [2.05, 4.69) is 81.4 Å². The van der Waals surface area contributed by atoms with Crippen LogP contribution < -0.4 is 9.05 Å². The molecule has 0 saturated heterocycles. The summed E-state index contributed by atoms with van der Waals surface area (Å²) in [5, 5.41) is 0. The predicted molar refractivity (Wildman–Crippen MR) is 298 cm³/mol. The third-order valence-electron chi connectivity index (χ3n) is 14.3. The van der Waals surface area contributed by atoms with E-state index >= 15 is 0 Å². The van der Waals surface area contributed by atoms with Crippen LogP contribution in [0.4, 0.5) is 0 Å². The highest BCUT2D eigenvalue weighted by atomic mass is 31.2. The summed E-state index contributed by atoms with van der Waals surface area (Å²) in [4.78, 5) is 43.8. The molecule has 68 heavy (non-hydrogen) atoms. The zero-order valence-corrected chi connectivity index (χ0v) is 47.9. The van der Waals surface area contributed by atoms with Crippen LogP contribution in [0.25, 0.3) is 11.1 Å². The van der Waals surface area contributed by atoms with Crippen molar-refractivity contribution in [1.82, 2.24) is 0 Å². The Kier molecular flexibility index (Phi) is 33.9. The Hall–Kier alpha value is -1.26. The molecular weight excluding hydrogens is 879 g/mol. The summed E-state index contributed by atoms with van der Waals surface area (Å²) < 4.78 is 12.9. The molecule has 0 aliphatic rings. The highest BCUT2D eigenvalue weighted by molar-refractivity contribution is 7.40. The minimum atomic E-state index is -2.76. The van der Waals surface area contributed by atoms with Crippen LogP contribution in [0.3, 0.4) is 0 Å². The van der Waals surface area contributed by atoms with Crippen LogP contribution in [0.5, 0.6) is 11.5 Å². The second-order valence-corrected chi connectivity index (χ2v) is 24.1. The van der Waals surface area contributed by atoms with E-state index in [1.165, 1.54) is 177 Å². The summed E-state index contributed by atoms with van der Waals surface area (Å²) in [6, 6.07) is 4.60. The maximum absolute atomic E-state index is 11.0. The lowest BCUT2D eigenvalue weighted by Gasteiger charge is -2.34. The van der Waals surface area contributed by atoms with Gasteiger partial charge < -0.3 is 28.6 Å². The van der Waals surface area contributed by atoms with Crippen molar-refractivity contribution >= 4 is 17.2 Å². The van der Waals surface area contributed by atoms with E-state index in [0.29, 0.717) is 30.8 Å². The quantitative estimate of drug-likeness (QED) is 0.0391. The molecule has 0 fully saturated rings. The molecule has 0 radical (unpaired) electrons. The zero-order chi connectivity index (χ0) is 50.2. The first-order valence-corrected chi connectivity index (χ1v) is 31.0. The molecule has 0 spiro atoms. The third kappa shape index (κ3) is 25.4. The SMILES string of the molecule is CCCCCCCCCCCCCc1c(CCCCCCCCCCCCC)c(OP(O)O)c(-c2c(C(C)(C)C)cc(C)cc2C(C)(C)C)c(CCCCCCCCCCCCC)c1OP(O)O. The molecule has 2 aromatic rings. The Balaban J connectivity index is 2.76. The average Bonchev–Trinajstić information content (AvgIpc) is 3.27. The van der Waals surface area contributed by atoms with E-state index in [-0.39, 0.29) is 10.8 Å². The highest BCUT2D eigenvalue weighted by Gasteiger charge is 2.35. The van der Waals surface area contributed by atoms with Crippen molar-refractivity contribution < 1.29 is 28.6 Å². The van der Waals surface area contributed by atoms with Crippen LogP contribution in [-0.2, 0) is 30.1 Å². The van der Waals surface area contributed by atoms with E-state index < -0.39 is 17.2 Å². The molecule has 2 rings (SSSR count). The maximum Gasteiger partial charge on any atom is 0.391 e. The molecule has 0 unspecified atom stereocenters. The lowest BCUT2D eigenvalue weighted by atomic mass is 9.71. The second-order valence-electron chi connectivity index (χ2n) is 22.7. The molecule has 0 bridgehead atoms. The summed E-state index contributed by atoms with van der Waals surface area (Å²) in [7, 11) is -5.49. The fourth-order valence-corrected chi connectivity index (χ4v) is 11.1. The van der Waals surface area contributed by atoms with Crippen LogP contribution in [0, 0.1) is 6.92 Å². The van der Waals surface area contributed by atoms with Crippen molar-refractivity contribution in [2.24, 2.45) is 0 Å². The maximum atomic E-state index is 11.0. The Morgan fingerprint density at radius 2 is 0.603 bits per heavy atom. The molecule has 0 amide bonds. The molecule has 4 N–H and O–H groups in total. The summed E-state index contributed by atoms with van der Waals surface area (Å²) in [6.45, 7) is 22.6. The third-order valence-corrected chi connectivity index (χ3v) is 15.0. The monoisotopic (exact) mass is 987 g/mol. The van der Waals surface area contributed by atoms with Gasteiger partial charge in [0.15, 0.2) is 0 Å². The number of unbranched alkanes of at least 4 members (excludes halogenated alkanes) is 30. The smallest absolute Gasteiger partial charge is 0.391 e. The largest absolute Gasteiger partial charge is 0.426 e. The van der Waals surface area contributed by atoms with Crippen LogP contribution >= 0.6 is 17.2 Å². The predicted octanol–water partition coefficient (Wildman–Crippen LogP) is 20.0. The Bertz CT molecular complexity index is 1560. The van der Waals surface area contributed by atoms with Crippen LogP contribution in [-0.4, -0.2) is 19.6 Å². The first-order chi connectivity index (χ1) is 32.6. The van der Waals surface area contributed by atoms with Crippen molar-refractivity contribution in [3.63, 3.8) is 0 Å². The summed E-state index contributed by atoms with van der Waals surface area (Å²) in [6.07, 6.45) is 42.9. The highest BCUT2D eigenvalue weighted by Crippen LogP contribution is 2.55. The molecule has 0 saturated carbocycles. The fraction of sp³-hybridized carbons (Fsp3) is 0.800. The molecular formula is C60H108O6P2. The molecule has 0 atom stereocenters. The number of benzene rings is 2. The normalized spacial score (nSPS) is 12.3. The second kappa shape index (κ2) is 36.6. The van der Waals surface area contributed by atoms with Crippen molar-refractivity contribution in [1.29, 1.82) is 0 Å². The average molecular weight is 987 g/mol. The number of rotatable bonds is 41. The van der Waals surface area contributed by atoms with Gasteiger partial charge in [-0.3, -0.25) is 0 Å². The van der Waals surface area contributed by atoms with Gasteiger partial charge in [-0.2, -0.15) is 0 Å². The van der Waals surface area contributed by atoms with Gasteiger partial charge in [-0.1, -0.05) is 273 Å². The van der Waals surface area contributed by atoms with Gasteiger partial charge in [-0.05, 0) is 73.0 Å². The molecule has 8 heteroatoms. The number of aryl methyl sites for hydroxylation is 1. The molecule has 0 heterocycles. The summed E-state index contributed by atoms with van der Waals surface area (Å²) in [5.41, 5.74) is 7.77. The first kappa shape index (κ1) is 62.9. The fourth-order valence-electron chi connectivity index (χ4n) is 10.4. The van der Waals surface area contributed by atoms with Gasteiger partial charge in [0.05, 0.1) is 0 Å². The van der Waals surface area contributed by atoms with Gasteiger partial charge in [-0.15, -0.1) is 0 Å². The van der Waals surface area contributed by atoms with Crippen molar-refractivity contribution in [2.45, 2.75) is 311 Å². The molecule has 0 aliphatic carbocycles. The van der Waals surface area contributed by atoms with Gasteiger partial charge in [0.1, 0.15) is 11.5 Å². The number of hydrogen-bond acceptors (Lipinski definition) is 6. The molecule has 0 aromatic heterocycles. The van der Waals surface area contributed by atoms with Gasteiger partial charge in [-0.25, -0.2) is 0 Å². The van der Waals surface area contributed by atoms with Gasteiger partial charge >= 0.3 is 17.2 Å². The topological polar surface area (TPSA) is 99.4 Å². The molecule has 6 nitrogen and oxygen atoms in total. The summed E-state index contributed by atoms with van der Waals surface area (Å²) >= 11 is 0. The number of hydrogen-bond donors (Lipinski definition) is 4. The zero-order valence-electron chi connectivity index (χ0n) is 46.1. The van der Waals surface area contributed by atoms with Crippen molar-refractivity contribution in [3.05, 3.63) is 45.5 Å². The van der Waals surface area contributed by atoms with Crippen LogP contribution in [0.1, 0.15) is 308 Å². The van der Waals surface area contributed by atoms with Gasteiger partial charge in [0.2, 0.25) is 0 Å². The van der Waals surface area contributed by atoms with E-state index in [9.17, 15) is 19.6 Å². The van der Waals surface area contributed by atoms with Gasteiger partial charge in [0.25, 0.3) is 0 Å². The first-order valence-electron chi connectivity index (χ1n) is 28.7. The Labute approximate surface area is 423 Å². The standard InChI is InChI=1S/C60H108O6P2/c1-11-14-17-20-23-26-29-32-35-38-41-44-50-51(45-42-39-36-33-30-27-24-21-18-15-12-2)58(66-68(63)64)55(56-53(59(5,6)7)47-49(4)48-54(56)60(8,9)10)52(57(50)65-67(61)62)46-43-40-37-34-31-28-25-22-19-16-13-3/h47-48,61-64H,11-46H2,1-10H3. The van der Waals surface area contributed by atoms with E-state index in [1.807, 2.05) is 0 Å². The van der Waals surface area contributed by atoms with Crippen molar-refractivity contribution in [2.75, 3.05) is 0 Å². The van der Waals surface area contributed by atoms with Gasteiger partial charge in [0, 0.05) is 22.3 Å². The minimum absolute atomic E-state index is 0.262. The van der Waals surface area contributed by atoms with E-state index in [1.54, 1.807) is 0 Å².